The molecule has 0 rings (SSSR count). The van der Waals surface area contributed by atoms with Crippen molar-refractivity contribution in [3.05, 3.63) is 12.2 Å². The van der Waals surface area contributed by atoms with Crippen LogP contribution < -0.4 is 0 Å². The minimum absolute atomic E-state index is 0.0706. The van der Waals surface area contributed by atoms with Crippen molar-refractivity contribution in [1.29, 1.82) is 0 Å². The van der Waals surface area contributed by atoms with Crippen LogP contribution >= 0.6 is 0 Å². The minimum Gasteiger partial charge on any atom is -0.396 e. The Hall–Kier alpha value is -0.340. The van der Waals surface area contributed by atoms with Gasteiger partial charge in [-0.05, 0) is 19.3 Å². The largest absolute Gasteiger partial charge is 0.396 e. The van der Waals surface area contributed by atoms with Crippen molar-refractivity contribution < 1.29 is 10.2 Å². The van der Waals surface area contributed by atoms with Crippen LogP contribution in [0.4, 0.5) is 0 Å². The van der Waals surface area contributed by atoms with Crippen LogP contribution in [0.25, 0.3) is 0 Å². The summed E-state index contributed by atoms with van der Waals surface area (Å²) in [5, 5.41) is 17.5. The van der Waals surface area contributed by atoms with Gasteiger partial charge < -0.3 is 10.2 Å². The third-order valence-electron chi connectivity index (χ3n) is 1.27. The van der Waals surface area contributed by atoms with Crippen LogP contribution in [0.15, 0.2) is 12.2 Å². The summed E-state index contributed by atoms with van der Waals surface area (Å²) in [7, 11) is 0. The number of hydrogen-bond donors (Lipinski definition) is 2. The van der Waals surface area contributed by atoms with E-state index in [9.17, 15) is 0 Å². The van der Waals surface area contributed by atoms with Crippen molar-refractivity contribution in [3.63, 3.8) is 0 Å². The van der Waals surface area contributed by atoms with E-state index in [0.29, 0.717) is 12.8 Å². The fraction of sp³-hybridized carbons (Fsp3) is 0.750. The lowest BCUT2D eigenvalue weighted by Gasteiger charge is -2.03. The van der Waals surface area contributed by atoms with Gasteiger partial charge in [0.2, 0.25) is 0 Å². The first-order valence-electron chi connectivity index (χ1n) is 3.75. The second-order valence-electron chi connectivity index (χ2n) is 2.28. The van der Waals surface area contributed by atoms with E-state index in [1.54, 1.807) is 0 Å². The molecule has 0 aliphatic carbocycles. The molecule has 0 fully saturated rings. The van der Waals surface area contributed by atoms with Crippen LogP contribution in [0.2, 0.25) is 0 Å². The van der Waals surface area contributed by atoms with Crippen LogP contribution in [0.5, 0.6) is 0 Å². The van der Waals surface area contributed by atoms with E-state index in [4.69, 9.17) is 10.2 Å². The highest BCUT2D eigenvalue weighted by atomic mass is 16.3. The molecular formula is C8H16O2. The second-order valence-corrected chi connectivity index (χ2v) is 2.28. The smallest absolute Gasteiger partial charge is 0.0596 e. The van der Waals surface area contributed by atoms with Crippen LogP contribution in [0, 0.1) is 0 Å². The lowest BCUT2D eigenvalue weighted by molar-refractivity contribution is 0.135. The van der Waals surface area contributed by atoms with E-state index >= 15 is 0 Å². The molecule has 0 spiro atoms. The van der Waals surface area contributed by atoms with E-state index in [1.807, 2.05) is 12.2 Å². The van der Waals surface area contributed by atoms with Crippen molar-refractivity contribution >= 4 is 0 Å². The summed E-state index contributed by atoms with van der Waals surface area (Å²) in [4.78, 5) is 0. The van der Waals surface area contributed by atoms with Crippen molar-refractivity contribution in [2.75, 3.05) is 6.61 Å². The standard InChI is InChI=1S/C8H16O2/c1-2-3-4-5-8(10)6-7-9/h3-4,8-10H,2,5-7H2,1H3/b4-3-. The van der Waals surface area contributed by atoms with Gasteiger partial charge in [-0.25, -0.2) is 0 Å². The molecule has 0 aromatic heterocycles. The summed E-state index contributed by atoms with van der Waals surface area (Å²) in [6, 6.07) is 0. The van der Waals surface area contributed by atoms with Gasteiger partial charge in [0.1, 0.15) is 0 Å². The molecule has 60 valence electrons. The van der Waals surface area contributed by atoms with Crippen molar-refractivity contribution in [1.82, 2.24) is 0 Å². The molecule has 0 radical (unpaired) electrons. The number of aliphatic hydroxyl groups is 2. The molecule has 1 unspecified atom stereocenters. The van der Waals surface area contributed by atoms with Gasteiger partial charge in [-0.1, -0.05) is 19.1 Å². The van der Waals surface area contributed by atoms with Gasteiger partial charge in [-0.2, -0.15) is 0 Å². The molecule has 2 nitrogen and oxygen atoms in total. The van der Waals surface area contributed by atoms with E-state index < -0.39 is 0 Å². The molecule has 2 heteroatoms. The topological polar surface area (TPSA) is 40.5 Å². The highest BCUT2D eigenvalue weighted by molar-refractivity contribution is 4.82. The average molecular weight is 144 g/mol. The minimum atomic E-state index is -0.368. The number of allylic oxidation sites excluding steroid dienone is 1. The molecule has 10 heavy (non-hydrogen) atoms. The molecular weight excluding hydrogens is 128 g/mol. The quantitative estimate of drug-likeness (QED) is 0.567. The predicted molar refractivity (Wildman–Crippen MR) is 41.8 cm³/mol. The zero-order chi connectivity index (χ0) is 7.82. The van der Waals surface area contributed by atoms with E-state index in [-0.39, 0.29) is 12.7 Å². The highest BCUT2D eigenvalue weighted by Crippen LogP contribution is 1.97. The molecule has 0 amide bonds. The number of rotatable bonds is 5. The molecule has 0 aliphatic rings. The Labute approximate surface area is 62.2 Å². The van der Waals surface area contributed by atoms with Crippen LogP contribution in [-0.4, -0.2) is 22.9 Å². The van der Waals surface area contributed by atoms with Gasteiger partial charge in [0.15, 0.2) is 0 Å². The summed E-state index contributed by atoms with van der Waals surface area (Å²) >= 11 is 0. The fourth-order valence-corrected chi connectivity index (χ4v) is 0.687. The molecule has 0 aliphatic heterocycles. The Morgan fingerprint density at radius 1 is 1.40 bits per heavy atom. The Morgan fingerprint density at radius 2 is 2.10 bits per heavy atom. The van der Waals surface area contributed by atoms with Crippen LogP contribution in [0.1, 0.15) is 26.2 Å². The summed E-state index contributed by atoms with van der Waals surface area (Å²) < 4.78 is 0. The zero-order valence-corrected chi connectivity index (χ0v) is 6.45. The number of aliphatic hydroxyl groups excluding tert-OH is 2. The first kappa shape index (κ1) is 9.66. The Bertz CT molecular complexity index is 89.3. The molecule has 0 saturated carbocycles. The monoisotopic (exact) mass is 144 g/mol. The molecule has 0 saturated heterocycles. The molecule has 2 N–H and O–H groups in total. The molecule has 0 aromatic rings. The lowest BCUT2D eigenvalue weighted by Crippen LogP contribution is -2.06. The predicted octanol–water partition coefficient (Wildman–Crippen LogP) is 1.09. The van der Waals surface area contributed by atoms with Gasteiger partial charge in [0.05, 0.1) is 6.10 Å². The molecule has 0 bridgehead atoms. The van der Waals surface area contributed by atoms with Gasteiger partial charge in [-0.15, -0.1) is 0 Å². The maximum atomic E-state index is 9.06. The maximum Gasteiger partial charge on any atom is 0.0596 e. The van der Waals surface area contributed by atoms with Crippen LogP contribution in [0.3, 0.4) is 0 Å². The fourth-order valence-electron chi connectivity index (χ4n) is 0.687. The van der Waals surface area contributed by atoms with Crippen LogP contribution in [-0.2, 0) is 0 Å². The average Bonchev–Trinajstić information content (AvgIpc) is 1.89. The Kier molecular flexibility index (Phi) is 6.55. The summed E-state index contributed by atoms with van der Waals surface area (Å²) in [5.74, 6) is 0. The maximum absolute atomic E-state index is 9.06. The lowest BCUT2D eigenvalue weighted by atomic mass is 10.2. The van der Waals surface area contributed by atoms with Gasteiger partial charge in [0, 0.05) is 6.61 Å². The summed E-state index contributed by atoms with van der Waals surface area (Å²) in [5.41, 5.74) is 0. The van der Waals surface area contributed by atoms with Crippen molar-refractivity contribution in [2.45, 2.75) is 32.3 Å². The highest BCUT2D eigenvalue weighted by Gasteiger charge is 1.97. The summed E-state index contributed by atoms with van der Waals surface area (Å²) in [6.45, 7) is 2.12. The Balaban J connectivity index is 3.20. The van der Waals surface area contributed by atoms with E-state index in [1.165, 1.54) is 0 Å². The van der Waals surface area contributed by atoms with Crippen molar-refractivity contribution in [3.8, 4) is 0 Å². The first-order chi connectivity index (χ1) is 4.81. The van der Waals surface area contributed by atoms with E-state index in [2.05, 4.69) is 6.92 Å². The number of hydrogen-bond acceptors (Lipinski definition) is 2. The SMILES string of the molecule is CC/C=C\CC(O)CCO. The molecule has 0 heterocycles. The second kappa shape index (κ2) is 6.78. The van der Waals surface area contributed by atoms with Crippen molar-refractivity contribution in [2.24, 2.45) is 0 Å². The third kappa shape index (κ3) is 5.79. The van der Waals surface area contributed by atoms with Gasteiger partial charge in [-0.3, -0.25) is 0 Å². The van der Waals surface area contributed by atoms with Gasteiger partial charge >= 0.3 is 0 Å². The Morgan fingerprint density at radius 3 is 2.60 bits per heavy atom. The van der Waals surface area contributed by atoms with Gasteiger partial charge in [0.25, 0.3) is 0 Å². The zero-order valence-electron chi connectivity index (χ0n) is 6.45. The normalized spacial score (nSPS) is 14.3. The summed E-state index contributed by atoms with van der Waals surface area (Å²) in [6.07, 6.45) is 5.74. The first-order valence-corrected chi connectivity index (χ1v) is 3.75. The van der Waals surface area contributed by atoms with E-state index in [0.717, 1.165) is 6.42 Å². The molecule has 0 aromatic carbocycles. The third-order valence-corrected chi connectivity index (χ3v) is 1.27. The molecule has 1 atom stereocenters.